The second-order valence-corrected chi connectivity index (χ2v) is 5.06. The maximum atomic E-state index is 5.95. The van der Waals surface area contributed by atoms with Gasteiger partial charge in [0.25, 0.3) is 0 Å². The van der Waals surface area contributed by atoms with Gasteiger partial charge in [0.1, 0.15) is 12.4 Å². The van der Waals surface area contributed by atoms with Gasteiger partial charge in [0, 0.05) is 4.47 Å². The fourth-order valence-electron chi connectivity index (χ4n) is 1.69. The molecule has 2 nitrogen and oxygen atoms in total. The van der Waals surface area contributed by atoms with Gasteiger partial charge in [-0.3, -0.25) is 0 Å². The Bertz CT molecular complexity index is 523. The highest BCUT2D eigenvalue weighted by Gasteiger charge is 2.02. The first-order valence-corrected chi connectivity index (χ1v) is 6.74. The van der Waals surface area contributed by atoms with Crippen molar-refractivity contribution in [1.29, 1.82) is 0 Å². The van der Waals surface area contributed by atoms with E-state index in [1.165, 1.54) is 5.56 Å². The van der Waals surface area contributed by atoms with E-state index in [9.17, 15) is 0 Å². The average molecular weight is 306 g/mol. The molecule has 0 aromatic heterocycles. The van der Waals surface area contributed by atoms with Gasteiger partial charge in [0.15, 0.2) is 0 Å². The lowest BCUT2D eigenvalue weighted by Gasteiger charge is -2.10. The van der Waals surface area contributed by atoms with Gasteiger partial charge in [-0.1, -0.05) is 41.1 Å². The second-order valence-electron chi connectivity index (χ2n) is 4.14. The predicted octanol–water partition coefficient (Wildman–Crippen LogP) is 4.17. The molecular weight excluding hydrogens is 290 g/mol. The number of halogens is 1. The summed E-state index contributed by atoms with van der Waals surface area (Å²) in [4.78, 5) is 0. The number of rotatable bonds is 4. The first-order chi connectivity index (χ1) is 8.69. The molecule has 2 aromatic carbocycles. The summed E-state index contributed by atoms with van der Waals surface area (Å²) in [5, 5.41) is 0. The number of hydrogen-bond acceptors (Lipinski definition) is 2. The molecule has 94 valence electrons. The molecule has 0 heterocycles. The normalized spacial score (nSPS) is 10.3. The Morgan fingerprint density at radius 1 is 1.06 bits per heavy atom. The van der Waals surface area contributed by atoms with Crippen LogP contribution in [0.3, 0.4) is 0 Å². The predicted molar refractivity (Wildman–Crippen MR) is 78.7 cm³/mol. The van der Waals surface area contributed by atoms with Crippen LogP contribution >= 0.6 is 15.9 Å². The molecule has 0 spiro atoms. The molecule has 18 heavy (non-hydrogen) atoms. The van der Waals surface area contributed by atoms with Gasteiger partial charge in [-0.2, -0.15) is 0 Å². The SMILES string of the molecule is CCc1ccc(OCc2ccc(Br)cc2)c(N)c1. The Morgan fingerprint density at radius 3 is 2.33 bits per heavy atom. The highest BCUT2D eigenvalue weighted by Crippen LogP contribution is 2.24. The Hall–Kier alpha value is -1.48. The quantitative estimate of drug-likeness (QED) is 0.860. The maximum Gasteiger partial charge on any atom is 0.142 e. The van der Waals surface area contributed by atoms with Crippen LogP contribution in [0.5, 0.6) is 5.75 Å². The van der Waals surface area contributed by atoms with E-state index >= 15 is 0 Å². The Kier molecular flexibility index (Phi) is 4.26. The molecule has 2 aromatic rings. The zero-order valence-electron chi connectivity index (χ0n) is 10.3. The molecule has 0 atom stereocenters. The molecule has 0 aliphatic rings. The van der Waals surface area contributed by atoms with Crippen LogP contribution in [0.4, 0.5) is 5.69 Å². The summed E-state index contributed by atoms with van der Waals surface area (Å²) >= 11 is 3.41. The van der Waals surface area contributed by atoms with Crippen LogP contribution in [0.15, 0.2) is 46.9 Å². The zero-order valence-corrected chi connectivity index (χ0v) is 11.9. The van der Waals surface area contributed by atoms with E-state index in [-0.39, 0.29) is 0 Å². The van der Waals surface area contributed by atoms with E-state index in [2.05, 4.69) is 22.9 Å². The van der Waals surface area contributed by atoms with Crippen LogP contribution in [0.2, 0.25) is 0 Å². The number of ether oxygens (including phenoxy) is 1. The van der Waals surface area contributed by atoms with Gasteiger partial charge in [0.2, 0.25) is 0 Å². The molecule has 2 N–H and O–H groups in total. The summed E-state index contributed by atoms with van der Waals surface area (Å²) in [7, 11) is 0. The van der Waals surface area contributed by atoms with Crippen molar-refractivity contribution in [2.75, 3.05) is 5.73 Å². The first-order valence-electron chi connectivity index (χ1n) is 5.94. The third-order valence-electron chi connectivity index (χ3n) is 2.79. The molecule has 0 saturated carbocycles. The fraction of sp³-hybridized carbons (Fsp3) is 0.200. The summed E-state index contributed by atoms with van der Waals surface area (Å²) in [6, 6.07) is 14.0. The summed E-state index contributed by atoms with van der Waals surface area (Å²) in [6.45, 7) is 2.64. The summed E-state index contributed by atoms with van der Waals surface area (Å²) in [5.41, 5.74) is 9.00. The molecule has 3 heteroatoms. The van der Waals surface area contributed by atoms with Crippen LogP contribution in [0, 0.1) is 0 Å². The van der Waals surface area contributed by atoms with Crippen molar-refractivity contribution in [3.63, 3.8) is 0 Å². The largest absolute Gasteiger partial charge is 0.487 e. The molecule has 2 rings (SSSR count). The maximum absolute atomic E-state index is 5.95. The molecule has 0 fully saturated rings. The smallest absolute Gasteiger partial charge is 0.142 e. The van der Waals surface area contributed by atoms with E-state index < -0.39 is 0 Å². The van der Waals surface area contributed by atoms with Crippen LogP contribution in [-0.2, 0) is 13.0 Å². The fourth-order valence-corrected chi connectivity index (χ4v) is 1.96. The summed E-state index contributed by atoms with van der Waals surface area (Å²) < 4.78 is 6.79. The van der Waals surface area contributed by atoms with Crippen molar-refractivity contribution < 1.29 is 4.74 Å². The highest BCUT2D eigenvalue weighted by atomic mass is 79.9. The van der Waals surface area contributed by atoms with Crippen molar-refractivity contribution in [2.45, 2.75) is 20.0 Å². The van der Waals surface area contributed by atoms with Crippen molar-refractivity contribution in [2.24, 2.45) is 0 Å². The average Bonchev–Trinajstić information content (AvgIpc) is 2.39. The lowest BCUT2D eigenvalue weighted by molar-refractivity contribution is 0.308. The van der Waals surface area contributed by atoms with E-state index in [1.807, 2.05) is 42.5 Å². The van der Waals surface area contributed by atoms with Crippen molar-refractivity contribution in [1.82, 2.24) is 0 Å². The Morgan fingerprint density at radius 2 is 1.72 bits per heavy atom. The van der Waals surface area contributed by atoms with Crippen LogP contribution in [0.25, 0.3) is 0 Å². The minimum atomic E-state index is 0.531. The minimum absolute atomic E-state index is 0.531. The number of anilines is 1. The Labute approximate surface area is 116 Å². The molecule has 0 aliphatic carbocycles. The monoisotopic (exact) mass is 305 g/mol. The third-order valence-corrected chi connectivity index (χ3v) is 3.32. The lowest BCUT2D eigenvalue weighted by Crippen LogP contribution is -1.99. The van der Waals surface area contributed by atoms with Crippen molar-refractivity contribution in [3.05, 3.63) is 58.1 Å². The number of aryl methyl sites for hydroxylation is 1. The summed E-state index contributed by atoms with van der Waals surface area (Å²) in [5.74, 6) is 0.745. The van der Waals surface area contributed by atoms with Crippen LogP contribution in [0.1, 0.15) is 18.1 Å². The molecule has 0 bridgehead atoms. The van der Waals surface area contributed by atoms with Gasteiger partial charge >= 0.3 is 0 Å². The molecule has 0 radical (unpaired) electrons. The standard InChI is InChI=1S/C15H16BrNO/c1-2-11-5-8-15(14(17)9-11)18-10-12-3-6-13(16)7-4-12/h3-9H,2,10,17H2,1H3. The summed E-state index contributed by atoms with van der Waals surface area (Å²) in [6.07, 6.45) is 0.983. The van der Waals surface area contributed by atoms with Crippen molar-refractivity contribution in [3.8, 4) is 5.75 Å². The van der Waals surface area contributed by atoms with Crippen molar-refractivity contribution >= 4 is 21.6 Å². The van der Waals surface area contributed by atoms with E-state index in [4.69, 9.17) is 10.5 Å². The number of nitrogen functional groups attached to an aromatic ring is 1. The Balaban J connectivity index is 2.04. The first kappa shape index (κ1) is 13.0. The topological polar surface area (TPSA) is 35.2 Å². The van der Waals surface area contributed by atoms with Gasteiger partial charge in [-0.05, 0) is 41.8 Å². The number of benzene rings is 2. The van der Waals surface area contributed by atoms with Gasteiger partial charge in [-0.25, -0.2) is 0 Å². The van der Waals surface area contributed by atoms with Gasteiger partial charge < -0.3 is 10.5 Å². The zero-order chi connectivity index (χ0) is 13.0. The minimum Gasteiger partial charge on any atom is -0.487 e. The molecule has 0 amide bonds. The molecular formula is C15H16BrNO. The third kappa shape index (κ3) is 3.26. The molecule has 0 aliphatic heterocycles. The van der Waals surface area contributed by atoms with Gasteiger partial charge in [-0.15, -0.1) is 0 Å². The van der Waals surface area contributed by atoms with Gasteiger partial charge in [0.05, 0.1) is 5.69 Å². The lowest BCUT2D eigenvalue weighted by atomic mass is 10.1. The highest BCUT2D eigenvalue weighted by molar-refractivity contribution is 9.10. The van der Waals surface area contributed by atoms with Crippen LogP contribution in [-0.4, -0.2) is 0 Å². The molecule has 0 unspecified atom stereocenters. The van der Waals surface area contributed by atoms with E-state index in [0.29, 0.717) is 12.3 Å². The number of nitrogens with two attached hydrogens (primary N) is 1. The second kappa shape index (κ2) is 5.91. The van der Waals surface area contributed by atoms with E-state index in [1.54, 1.807) is 0 Å². The van der Waals surface area contributed by atoms with E-state index in [0.717, 1.165) is 22.2 Å². The van der Waals surface area contributed by atoms with Crippen LogP contribution < -0.4 is 10.5 Å². The number of hydrogen-bond donors (Lipinski definition) is 1. The molecule has 0 saturated heterocycles.